The van der Waals surface area contributed by atoms with E-state index in [2.05, 4.69) is 5.10 Å². The smallest absolute Gasteiger partial charge is 0.344 e. The van der Waals surface area contributed by atoms with Gasteiger partial charge in [-0.1, -0.05) is 12.1 Å². The molecule has 2 N–H and O–H groups in total. The van der Waals surface area contributed by atoms with Crippen LogP contribution in [0.15, 0.2) is 29.4 Å². The zero-order chi connectivity index (χ0) is 11.8. The molecule has 0 fully saturated rings. The molecule has 0 atom stereocenters. The molecule has 0 heterocycles. The molecule has 0 aliphatic rings. The lowest BCUT2D eigenvalue weighted by atomic mass is 10.2. The molecular weight excluding hydrogens is 208 g/mol. The number of rotatable bonds is 5. The normalized spacial score (nSPS) is 10.3. The molecule has 1 aromatic rings. The van der Waals surface area contributed by atoms with Crippen LogP contribution < -0.4 is 10.6 Å². The molecule has 0 bridgehead atoms. The highest BCUT2D eigenvalue weighted by Gasteiger charge is 2.02. The lowest BCUT2D eigenvalue weighted by molar-refractivity contribution is -0.145. The van der Waals surface area contributed by atoms with Gasteiger partial charge in [-0.15, -0.1) is 0 Å². The average Bonchev–Trinajstić information content (AvgIpc) is 2.28. The molecule has 0 saturated heterocycles. The zero-order valence-corrected chi connectivity index (χ0v) is 9.05. The Kier molecular flexibility index (Phi) is 4.85. The molecule has 0 spiro atoms. The minimum absolute atomic E-state index is 0.100. The van der Waals surface area contributed by atoms with E-state index in [0.717, 1.165) is 5.56 Å². The van der Waals surface area contributed by atoms with Crippen molar-refractivity contribution in [1.82, 2.24) is 0 Å². The van der Waals surface area contributed by atoms with Gasteiger partial charge in [-0.2, -0.15) is 5.10 Å². The van der Waals surface area contributed by atoms with Crippen molar-refractivity contribution in [3.63, 3.8) is 0 Å². The van der Waals surface area contributed by atoms with Gasteiger partial charge in [0.25, 0.3) is 0 Å². The second kappa shape index (κ2) is 6.44. The first-order valence-corrected chi connectivity index (χ1v) is 4.88. The van der Waals surface area contributed by atoms with Gasteiger partial charge in [0.05, 0.1) is 12.8 Å². The summed E-state index contributed by atoms with van der Waals surface area (Å²) in [7, 11) is 0. The van der Waals surface area contributed by atoms with E-state index < -0.39 is 0 Å². The number of esters is 1. The van der Waals surface area contributed by atoms with Gasteiger partial charge in [-0.3, -0.25) is 0 Å². The molecule has 0 aliphatic heterocycles. The van der Waals surface area contributed by atoms with E-state index in [1.807, 2.05) is 6.07 Å². The van der Waals surface area contributed by atoms with Crippen molar-refractivity contribution < 1.29 is 14.3 Å². The predicted molar refractivity (Wildman–Crippen MR) is 60.4 cm³/mol. The van der Waals surface area contributed by atoms with Gasteiger partial charge in [-0.25, -0.2) is 4.79 Å². The predicted octanol–water partition coefficient (Wildman–Crippen LogP) is 0.921. The van der Waals surface area contributed by atoms with Crippen molar-refractivity contribution in [2.24, 2.45) is 10.9 Å². The van der Waals surface area contributed by atoms with E-state index >= 15 is 0 Å². The fourth-order valence-electron chi connectivity index (χ4n) is 1.12. The fourth-order valence-corrected chi connectivity index (χ4v) is 1.12. The third-order valence-corrected chi connectivity index (χ3v) is 1.74. The van der Waals surface area contributed by atoms with Gasteiger partial charge < -0.3 is 15.3 Å². The monoisotopic (exact) mass is 222 g/mol. The number of hydrogen-bond donors (Lipinski definition) is 1. The van der Waals surface area contributed by atoms with Gasteiger partial charge in [0.1, 0.15) is 5.75 Å². The minimum atomic E-state index is -0.389. The summed E-state index contributed by atoms with van der Waals surface area (Å²) >= 11 is 0. The molecule has 1 aromatic carbocycles. The highest BCUT2D eigenvalue weighted by atomic mass is 16.6. The van der Waals surface area contributed by atoms with Crippen LogP contribution in [0.5, 0.6) is 5.75 Å². The Hall–Kier alpha value is -2.04. The second-order valence-electron chi connectivity index (χ2n) is 2.94. The summed E-state index contributed by atoms with van der Waals surface area (Å²) in [5.74, 6) is 5.21. The molecule has 0 aromatic heterocycles. The van der Waals surface area contributed by atoms with Crippen molar-refractivity contribution in [1.29, 1.82) is 0 Å². The van der Waals surface area contributed by atoms with E-state index in [9.17, 15) is 4.79 Å². The van der Waals surface area contributed by atoms with Crippen molar-refractivity contribution in [2.75, 3.05) is 13.2 Å². The molecule has 16 heavy (non-hydrogen) atoms. The van der Waals surface area contributed by atoms with Crippen molar-refractivity contribution in [2.45, 2.75) is 6.92 Å². The molecule has 5 heteroatoms. The Balaban J connectivity index is 2.53. The summed E-state index contributed by atoms with van der Waals surface area (Å²) in [6, 6.07) is 7.09. The SMILES string of the molecule is CCOC(=O)COc1cccc(C=NN)c1. The second-order valence-corrected chi connectivity index (χ2v) is 2.94. The van der Waals surface area contributed by atoms with Gasteiger partial charge in [0.15, 0.2) is 6.61 Å². The maximum absolute atomic E-state index is 11.0. The molecule has 1 rings (SSSR count). The highest BCUT2D eigenvalue weighted by Crippen LogP contribution is 2.11. The summed E-state index contributed by atoms with van der Waals surface area (Å²) in [6.07, 6.45) is 1.50. The van der Waals surface area contributed by atoms with Crippen LogP contribution in [0, 0.1) is 0 Å². The summed E-state index contributed by atoms with van der Waals surface area (Å²) in [5, 5.41) is 3.40. The highest BCUT2D eigenvalue weighted by molar-refractivity contribution is 5.80. The number of hydrogen-bond acceptors (Lipinski definition) is 5. The van der Waals surface area contributed by atoms with Crippen LogP contribution in [-0.4, -0.2) is 25.4 Å². The number of carbonyl (C=O) groups is 1. The first-order valence-electron chi connectivity index (χ1n) is 4.88. The molecule has 0 aliphatic carbocycles. The van der Waals surface area contributed by atoms with E-state index in [-0.39, 0.29) is 12.6 Å². The molecule has 0 unspecified atom stereocenters. The van der Waals surface area contributed by atoms with Gasteiger partial charge in [0.2, 0.25) is 0 Å². The van der Waals surface area contributed by atoms with Crippen LogP contribution in [0.1, 0.15) is 12.5 Å². The zero-order valence-electron chi connectivity index (χ0n) is 9.05. The fraction of sp³-hybridized carbons (Fsp3) is 0.273. The van der Waals surface area contributed by atoms with Crippen LogP contribution in [-0.2, 0) is 9.53 Å². The molecule has 0 amide bonds. The summed E-state index contributed by atoms with van der Waals surface area (Å²) in [6.45, 7) is 2.00. The van der Waals surface area contributed by atoms with E-state index in [4.69, 9.17) is 15.3 Å². The standard InChI is InChI=1S/C11H14N2O3/c1-2-15-11(14)8-16-10-5-3-4-9(6-10)7-13-12/h3-7H,2,8,12H2,1H3. The molecular formula is C11H14N2O3. The average molecular weight is 222 g/mol. The number of hydrazone groups is 1. The lowest BCUT2D eigenvalue weighted by Crippen LogP contribution is -2.14. The Morgan fingerprint density at radius 1 is 1.56 bits per heavy atom. The van der Waals surface area contributed by atoms with Gasteiger partial charge in [-0.05, 0) is 24.6 Å². The number of nitrogens with zero attached hydrogens (tertiary/aromatic N) is 1. The molecule has 0 radical (unpaired) electrons. The summed E-state index contributed by atoms with van der Waals surface area (Å²) in [5.41, 5.74) is 0.809. The quantitative estimate of drug-likeness (QED) is 0.348. The van der Waals surface area contributed by atoms with Crippen molar-refractivity contribution >= 4 is 12.2 Å². The van der Waals surface area contributed by atoms with Crippen LogP contribution in [0.4, 0.5) is 0 Å². The first-order chi connectivity index (χ1) is 7.76. The van der Waals surface area contributed by atoms with Crippen molar-refractivity contribution in [3.8, 4) is 5.75 Å². The van der Waals surface area contributed by atoms with E-state index in [1.165, 1.54) is 6.21 Å². The van der Waals surface area contributed by atoms with Gasteiger partial charge >= 0.3 is 5.97 Å². The number of benzene rings is 1. The van der Waals surface area contributed by atoms with E-state index in [1.54, 1.807) is 25.1 Å². The number of carbonyl (C=O) groups excluding carboxylic acids is 1. The lowest BCUT2D eigenvalue weighted by Gasteiger charge is -2.05. The largest absolute Gasteiger partial charge is 0.482 e. The van der Waals surface area contributed by atoms with Crippen LogP contribution in [0.2, 0.25) is 0 Å². The van der Waals surface area contributed by atoms with E-state index in [0.29, 0.717) is 12.4 Å². The van der Waals surface area contributed by atoms with Crippen LogP contribution >= 0.6 is 0 Å². The Labute approximate surface area is 93.9 Å². The van der Waals surface area contributed by atoms with Crippen LogP contribution in [0.25, 0.3) is 0 Å². The first kappa shape index (κ1) is 12.0. The number of nitrogens with two attached hydrogens (primary N) is 1. The molecule has 5 nitrogen and oxygen atoms in total. The number of ether oxygens (including phenoxy) is 2. The Morgan fingerprint density at radius 2 is 2.38 bits per heavy atom. The third-order valence-electron chi connectivity index (χ3n) is 1.74. The third kappa shape index (κ3) is 4.00. The summed E-state index contributed by atoms with van der Waals surface area (Å²) in [4.78, 5) is 11.0. The minimum Gasteiger partial charge on any atom is -0.482 e. The Bertz CT molecular complexity index is 377. The van der Waals surface area contributed by atoms with Gasteiger partial charge in [0, 0.05) is 0 Å². The summed E-state index contributed by atoms with van der Waals surface area (Å²) < 4.78 is 9.96. The van der Waals surface area contributed by atoms with Crippen LogP contribution in [0.3, 0.4) is 0 Å². The maximum atomic E-state index is 11.0. The Morgan fingerprint density at radius 3 is 3.06 bits per heavy atom. The topological polar surface area (TPSA) is 73.9 Å². The molecule has 0 saturated carbocycles. The maximum Gasteiger partial charge on any atom is 0.344 e. The molecule has 86 valence electrons. The van der Waals surface area contributed by atoms with Crippen molar-refractivity contribution in [3.05, 3.63) is 29.8 Å².